The predicted octanol–water partition coefficient (Wildman–Crippen LogP) is 9.68. The summed E-state index contributed by atoms with van der Waals surface area (Å²) in [6.45, 7) is 14.9. The molecule has 39 heavy (non-hydrogen) atoms. The molecular weight excluding hydrogens is 486 g/mol. The highest BCUT2D eigenvalue weighted by Crippen LogP contribution is 2.29. The Labute approximate surface area is 228 Å². The first-order valence-corrected chi connectivity index (χ1v) is 12.6. The maximum absolute atomic E-state index is 10.4. The summed E-state index contributed by atoms with van der Waals surface area (Å²) in [5.74, 6) is 0.202. The van der Waals surface area contributed by atoms with Crippen LogP contribution in [-0.2, 0) is 0 Å². The molecule has 194 valence electrons. The molecule has 0 unspecified atom stereocenters. The summed E-state index contributed by atoms with van der Waals surface area (Å²) >= 11 is 0. The molecule has 0 aromatic heterocycles. The van der Waals surface area contributed by atoms with Crippen LogP contribution >= 0.6 is 0 Å². The van der Waals surface area contributed by atoms with Gasteiger partial charge in [0.1, 0.15) is 5.75 Å². The van der Waals surface area contributed by atoms with Gasteiger partial charge in [0.05, 0.1) is 35.0 Å². The van der Waals surface area contributed by atoms with Crippen molar-refractivity contribution in [1.82, 2.24) is 0 Å². The molecule has 4 rings (SSSR count). The molecule has 0 heterocycles. The summed E-state index contributed by atoms with van der Waals surface area (Å²) in [6.07, 6.45) is 1.67. The zero-order chi connectivity index (χ0) is 27.6. The van der Waals surface area contributed by atoms with Gasteiger partial charge in [-0.1, -0.05) is 12.1 Å². The molecule has 0 bridgehead atoms. The summed E-state index contributed by atoms with van der Waals surface area (Å²) in [5.41, 5.74) is 6.72. The van der Waals surface area contributed by atoms with Crippen LogP contribution in [0.15, 0.2) is 110 Å². The number of anilines is 1. The molecule has 0 aliphatic rings. The number of aromatic hydroxyl groups is 1. The van der Waals surface area contributed by atoms with Gasteiger partial charge in [-0.25, -0.2) is 4.85 Å². The van der Waals surface area contributed by atoms with Gasteiger partial charge in [-0.3, -0.25) is 4.99 Å². The van der Waals surface area contributed by atoms with Crippen LogP contribution in [0.2, 0.25) is 0 Å². The van der Waals surface area contributed by atoms with Gasteiger partial charge in [0, 0.05) is 36.6 Å². The molecular formula is C31H29N7O. The molecule has 0 saturated heterocycles. The summed E-state index contributed by atoms with van der Waals surface area (Å²) in [6, 6.07) is 25.5. The molecule has 0 aliphatic carbocycles. The third-order valence-electron chi connectivity index (χ3n) is 6.06. The Bertz CT molecular complexity index is 1550. The molecule has 0 aliphatic heterocycles. The van der Waals surface area contributed by atoms with Crippen molar-refractivity contribution in [2.24, 2.45) is 25.4 Å². The normalized spacial score (nSPS) is 11.4. The number of azo groups is 2. The Morgan fingerprint density at radius 3 is 1.85 bits per heavy atom. The van der Waals surface area contributed by atoms with Gasteiger partial charge in [0.15, 0.2) is 5.69 Å². The number of phenols is 1. The van der Waals surface area contributed by atoms with Crippen molar-refractivity contribution >= 4 is 46.0 Å². The van der Waals surface area contributed by atoms with Crippen molar-refractivity contribution in [2.45, 2.75) is 20.8 Å². The second-order valence-corrected chi connectivity index (χ2v) is 8.69. The van der Waals surface area contributed by atoms with Crippen molar-refractivity contribution < 1.29 is 5.11 Å². The largest absolute Gasteiger partial charge is 0.507 e. The number of nitrogens with zero attached hydrogens (tertiary/aromatic N) is 7. The standard InChI is InChI=1S/C31H29N7O/c1-5-38(6-2)29-17-7-23(31(39)20-29)21-33-28-16-18-30(22(3)19-28)37-36-27-14-12-26(13-15-27)35-34-25-10-8-24(32-4)9-11-25/h7-21,39H,5-6H2,1-3H3. The van der Waals surface area contributed by atoms with Crippen molar-refractivity contribution in [3.63, 3.8) is 0 Å². The maximum Gasteiger partial charge on any atom is 0.187 e. The first-order chi connectivity index (χ1) is 19.0. The first-order valence-electron chi connectivity index (χ1n) is 12.6. The molecule has 0 fully saturated rings. The molecule has 8 heteroatoms. The van der Waals surface area contributed by atoms with Crippen LogP contribution in [0.25, 0.3) is 4.85 Å². The smallest absolute Gasteiger partial charge is 0.187 e. The second kappa shape index (κ2) is 12.9. The minimum atomic E-state index is 0.202. The quantitative estimate of drug-likeness (QED) is 0.137. The SMILES string of the molecule is [C-]#[N+]c1ccc(N=Nc2ccc(N=Nc3ccc(N=Cc4ccc(N(CC)CC)cc4O)cc3C)cc2)cc1. The highest BCUT2D eigenvalue weighted by molar-refractivity contribution is 5.86. The van der Waals surface area contributed by atoms with Crippen LogP contribution in [0.4, 0.5) is 39.8 Å². The van der Waals surface area contributed by atoms with Gasteiger partial charge in [-0.15, -0.1) is 0 Å². The van der Waals surface area contributed by atoms with E-state index >= 15 is 0 Å². The number of aryl methyl sites for hydroxylation is 1. The van der Waals surface area contributed by atoms with E-state index in [0.717, 1.165) is 35.7 Å². The van der Waals surface area contributed by atoms with E-state index in [1.54, 1.807) is 36.5 Å². The summed E-state index contributed by atoms with van der Waals surface area (Å²) in [7, 11) is 0. The molecule has 0 spiro atoms. The molecule has 0 saturated carbocycles. The molecule has 8 nitrogen and oxygen atoms in total. The molecule has 0 amide bonds. The summed E-state index contributed by atoms with van der Waals surface area (Å²) in [4.78, 5) is 10.1. The topological polar surface area (TPSA) is 89.6 Å². The van der Waals surface area contributed by atoms with Crippen molar-refractivity contribution in [2.75, 3.05) is 18.0 Å². The highest BCUT2D eigenvalue weighted by atomic mass is 16.3. The summed E-state index contributed by atoms with van der Waals surface area (Å²) < 4.78 is 0. The molecule has 0 atom stereocenters. The van der Waals surface area contributed by atoms with Crippen molar-refractivity contribution in [1.29, 1.82) is 0 Å². The number of hydrogen-bond donors (Lipinski definition) is 1. The Balaban J connectivity index is 1.39. The van der Waals surface area contributed by atoms with Gasteiger partial charge in [-0.2, -0.15) is 20.5 Å². The maximum atomic E-state index is 10.4. The van der Waals surface area contributed by atoms with E-state index in [1.807, 2.05) is 61.5 Å². The monoisotopic (exact) mass is 515 g/mol. The fourth-order valence-corrected chi connectivity index (χ4v) is 3.81. The Kier molecular flexibility index (Phi) is 8.88. The van der Waals surface area contributed by atoms with Crippen LogP contribution in [0, 0.1) is 13.5 Å². The molecule has 4 aromatic rings. The highest BCUT2D eigenvalue weighted by Gasteiger charge is 2.06. The lowest BCUT2D eigenvalue weighted by molar-refractivity contribution is 0.474. The Morgan fingerprint density at radius 2 is 1.31 bits per heavy atom. The minimum Gasteiger partial charge on any atom is -0.507 e. The molecule has 0 radical (unpaired) electrons. The fourth-order valence-electron chi connectivity index (χ4n) is 3.81. The van der Waals surface area contributed by atoms with Crippen LogP contribution in [0.5, 0.6) is 5.75 Å². The van der Waals surface area contributed by atoms with Crippen molar-refractivity contribution in [3.05, 3.63) is 107 Å². The lowest BCUT2D eigenvalue weighted by atomic mass is 10.1. The van der Waals surface area contributed by atoms with E-state index in [9.17, 15) is 5.11 Å². The average Bonchev–Trinajstić information content (AvgIpc) is 2.96. The van der Waals surface area contributed by atoms with Gasteiger partial charge in [-0.05, 0) is 93.1 Å². The fraction of sp³-hybridized carbons (Fsp3) is 0.161. The van der Waals surface area contributed by atoms with Crippen LogP contribution in [-0.4, -0.2) is 24.4 Å². The Hall–Kier alpha value is -5.16. The Morgan fingerprint density at radius 1 is 0.744 bits per heavy atom. The molecule has 1 N–H and O–H groups in total. The van der Waals surface area contributed by atoms with Gasteiger partial charge in [0.2, 0.25) is 0 Å². The van der Waals surface area contributed by atoms with Crippen LogP contribution in [0.1, 0.15) is 25.0 Å². The van der Waals surface area contributed by atoms with Gasteiger partial charge < -0.3 is 10.0 Å². The van der Waals surface area contributed by atoms with E-state index < -0.39 is 0 Å². The van der Waals surface area contributed by atoms with Gasteiger partial charge >= 0.3 is 0 Å². The van der Waals surface area contributed by atoms with Crippen LogP contribution in [0.3, 0.4) is 0 Å². The summed E-state index contributed by atoms with van der Waals surface area (Å²) in [5, 5.41) is 27.6. The van der Waals surface area contributed by atoms with E-state index in [-0.39, 0.29) is 5.75 Å². The number of rotatable bonds is 9. The lowest BCUT2D eigenvalue weighted by Crippen LogP contribution is -2.21. The first kappa shape index (κ1) is 26.9. The van der Waals surface area contributed by atoms with Gasteiger partial charge in [0.25, 0.3) is 0 Å². The lowest BCUT2D eigenvalue weighted by Gasteiger charge is -2.21. The second-order valence-electron chi connectivity index (χ2n) is 8.69. The third kappa shape index (κ3) is 7.21. The zero-order valence-corrected chi connectivity index (χ0v) is 22.2. The number of benzene rings is 4. The number of phenolic OH excluding ortho intramolecular Hbond substituents is 1. The predicted molar refractivity (Wildman–Crippen MR) is 158 cm³/mol. The average molecular weight is 516 g/mol. The minimum absolute atomic E-state index is 0.202. The zero-order valence-electron chi connectivity index (χ0n) is 22.2. The number of aliphatic imine (C=N–C) groups is 1. The number of hydrogen-bond acceptors (Lipinski definition) is 7. The van der Waals surface area contributed by atoms with E-state index in [1.165, 1.54) is 0 Å². The van der Waals surface area contributed by atoms with Crippen molar-refractivity contribution in [3.8, 4) is 5.75 Å². The van der Waals surface area contributed by atoms with E-state index in [4.69, 9.17) is 6.57 Å². The molecule has 4 aromatic carbocycles. The third-order valence-corrected chi connectivity index (χ3v) is 6.06. The van der Waals surface area contributed by atoms with E-state index in [2.05, 4.69) is 49.0 Å². The van der Waals surface area contributed by atoms with E-state index in [0.29, 0.717) is 28.3 Å². The van der Waals surface area contributed by atoms with Crippen LogP contribution < -0.4 is 4.90 Å².